The molecule has 4 N–H and O–H groups in total. The number of nitrogens with one attached hydrogen (secondary N) is 2. The molecule has 8 nitrogen and oxygen atoms in total. The van der Waals surface area contributed by atoms with Crippen molar-refractivity contribution in [3.63, 3.8) is 0 Å². The van der Waals surface area contributed by atoms with Gasteiger partial charge in [-0.05, 0) is 41.8 Å². The average molecular weight is 412 g/mol. The van der Waals surface area contributed by atoms with Crippen LogP contribution in [0.25, 0.3) is 39.1 Å². The number of primary amides is 1. The molecule has 0 saturated carbocycles. The Morgan fingerprint density at radius 1 is 1.10 bits per heavy atom. The van der Waals surface area contributed by atoms with Gasteiger partial charge in [0.15, 0.2) is 17.2 Å². The summed E-state index contributed by atoms with van der Waals surface area (Å²) in [5.41, 5.74) is 9.10. The molecule has 0 bridgehead atoms. The third kappa shape index (κ3) is 3.00. The summed E-state index contributed by atoms with van der Waals surface area (Å²) < 4.78 is 1.48. The van der Waals surface area contributed by atoms with Crippen molar-refractivity contribution in [2.45, 2.75) is 19.8 Å². The summed E-state index contributed by atoms with van der Waals surface area (Å²) >= 11 is 0. The number of fused-ring (bicyclic) bond motifs is 2. The van der Waals surface area contributed by atoms with Crippen LogP contribution in [0.3, 0.4) is 0 Å². The third-order valence-corrected chi connectivity index (χ3v) is 5.38. The Labute approximate surface area is 176 Å². The van der Waals surface area contributed by atoms with Crippen LogP contribution in [0.4, 0.5) is 0 Å². The first kappa shape index (κ1) is 18.8. The van der Waals surface area contributed by atoms with Gasteiger partial charge in [0.1, 0.15) is 5.52 Å². The third-order valence-electron chi connectivity index (χ3n) is 5.38. The number of nitrogens with two attached hydrogens (primary N) is 1. The van der Waals surface area contributed by atoms with Crippen LogP contribution >= 0.6 is 0 Å². The van der Waals surface area contributed by atoms with Crippen molar-refractivity contribution >= 4 is 28.0 Å². The fourth-order valence-electron chi connectivity index (χ4n) is 3.89. The average Bonchev–Trinajstić information content (AvgIpc) is 3.35. The molecule has 8 heteroatoms. The van der Waals surface area contributed by atoms with Gasteiger partial charge in [0, 0.05) is 22.7 Å². The summed E-state index contributed by atoms with van der Waals surface area (Å²) in [6.07, 6.45) is 1.85. The van der Waals surface area contributed by atoms with Crippen LogP contribution in [0.2, 0.25) is 0 Å². The highest BCUT2D eigenvalue weighted by atomic mass is 16.2. The Bertz CT molecular complexity index is 1520. The molecule has 0 spiro atoms. The predicted molar refractivity (Wildman–Crippen MR) is 119 cm³/mol. The molecule has 1 amide bonds. The Balaban J connectivity index is 1.84. The molecular weight excluding hydrogens is 392 g/mol. The van der Waals surface area contributed by atoms with Crippen LogP contribution in [0.1, 0.15) is 35.8 Å². The van der Waals surface area contributed by atoms with Crippen molar-refractivity contribution in [2.75, 3.05) is 0 Å². The lowest BCUT2D eigenvalue weighted by Gasteiger charge is -2.13. The summed E-state index contributed by atoms with van der Waals surface area (Å²) in [5, 5.41) is 0.985. The van der Waals surface area contributed by atoms with Crippen molar-refractivity contribution in [2.24, 2.45) is 5.73 Å². The Hall–Kier alpha value is -4.20. The number of nitrogens with zero attached hydrogens (tertiary/aromatic N) is 3. The molecule has 0 aliphatic carbocycles. The first-order valence-electron chi connectivity index (χ1n) is 9.93. The first-order chi connectivity index (χ1) is 14.9. The molecule has 154 valence electrons. The maximum absolute atomic E-state index is 13.0. The second-order valence-corrected chi connectivity index (χ2v) is 7.72. The summed E-state index contributed by atoms with van der Waals surface area (Å²) in [6.45, 7) is 4.11. The quantitative estimate of drug-likeness (QED) is 0.418. The molecule has 0 radical (unpaired) electrons. The molecular formula is C23H20N6O2. The number of imidazole rings is 1. The van der Waals surface area contributed by atoms with E-state index in [-0.39, 0.29) is 17.1 Å². The molecule has 0 aliphatic rings. The minimum Gasteiger partial charge on any atom is -0.364 e. The summed E-state index contributed by atoms with van der Waals surface area (Å²) in [6, 6.07) is 15.3. The first-order valence-corrected chi connectivity index (χ1v) is 9.93. The van der Waals surface area contributed by atoms with E-state index in [4.69, 9.17) is 5.73 Å². The highest BCUT2D eigenvalue weighted by Crippen LogP contribution is 2.27. The Morgan fingerprint density at radius 2 is 1.90 bits per heavy atom. The fraction of sp³-hybridized carbons (Fsp3) is 0.130. The number of benzene rings is 2. The zero-order valence-corrected chi connectivity index (χ0v) is 17.0. The molecule has 3 heterocycles. The summed E-state index contributed by atoms with van der Waals surface area (Å²) in [5.74, 6) is -0.234. The molecule has 2 aromatic carbocycles. The lowest BCUT2D eigenvalue weighted by Crippen LogP contribution is -2.17. The van der Waals surface area contributed by atoms with Crippen LogP contribution in [0.5, 0.6) is 0 Å². The number of para-hydroxylation sites is 1. The number of hydrogen-bond acceptors (Lipinski definition) is 4. The van der Waals surface area contributed by atoms with Crippen LogP contribution in [-0.4, -0.2) is 30.4 Å². The van der Waals surface area contributed by atoms with Crippen LogP contribution < -0.4 is 11.4 Å². The molecule has 0 saturated heterocycles. The van der Waals surface area contributed by atoms with Gasteiger partial charge in [-0.2, -0.15) is 0 Å². The minimum absolute atomic E-state index is 0.0213. The number of rotatable bonds is 4. The van der Waals surface area contributed by atoms with Gasteiger partial charge < -0.3 is 15.7 Å². The Kier molecular flexibility index (Phi) is 4.21. The number of hydrogen-bond donors (Lipinski definition) is 3. The predicted octanol–water partition coefficient (Wildman–Crippen LogP) is 3.48. The standard InChI is InChI=1S/C23H20N6O2/c1-12(2)15-5-3-4-6-17(15)29-22-19(27-23(29)31)18(20(24)30)26-21(28-22)14-7-8-16-13(11-14)9-10-25-16/h3-12,25H,1-2H3,(H2,24,30)(H,27,31). The molecule has 0 fully saturated rings. The number of carbonyl (C=O) groups is 1. The normalized spacial score (nSPS) is 11.6. The SMILES string of the molecule is CC(C)c1ccccc1-n1c(=O)[nH]c2c(C(N)=O)nc(-c3ccc4[nH]ccc4c3)nc21. The highest BCUT2D eigenvalue weighted by molar-refractivity contribution is 6.02. The van der Waals surface area contributed by atoms with Gasteiger partial charge in [-0.3, -0.25) is 4.79 Å². The van der Waals surface area contributed by atoms with E-state index in [2.05, 4.69) is 33.8 Å². The van der Waals surface area contributed by atoms with Gasteiger partial charge in [-0.25, -0.2) is 19.3 Å². The maximum atomic E-state index is 13.0. The molecule has 0 atom stereocenters. The summed E-state index contributed by atoms with van der Waals surface area (Å²) in [4.78, 5) is 40.1. The van der Waals surface area contributed by atoms with E-state index < -0.39 is 11.6 Å². The number of aromatic amines is 2. The van der Waals surface area contributed by atoms with Crippen molar-refractivity contribution in [3.8, 4) is 17.1 Å². The largest absolute Gasteiger partial charge is 0.364 e. The molecule has 3 aromatic heterocycles. The zero-order chi connectivity index (χ0) is 21.7. The molecule has 5 aromatic rings. The monoisotopic (exact) mass is 412 g/mol. The zero-order valence-electron chi connectivity index (χ0n) is 17.0. The van der Waals surface area contributed by atoms with Crippen LogP contribution in [0.15, 0.2) is 59.5 Å². The molecule has 0 unspecified atom stereocenters. The Morgan fingerprint density at radius 3 is 2.68 bits per heavy atom. The number of carbonyl (C=O) groups excluding carboxylic acids is 1. The van der Waals surface area contributed by atoms with E-state index in [0.717, 1.165) is 16.5 Å². The topological polar surface area (TPSA) is 122 Å². The second kappa shape index (κ2) is 6.94. The lowest BCUT2D eigenvalue weighted by molar-refractivity contribution is 0.0997. The van der Waals surface area contributed by atoms with Gasteiger partial charge in [0.25, 0.3) is 5.91 Å². The van der Waals surface area contributed by atoms with Crippen molar-refractivity contribution in [3.05, 3.63) is 76.5 Å². The van der Waals surface area contributed by atoms with Crippen molar-refractivity contribution in [1.29, 1.82) is 0 Å². The smallest absolute Gasteiger partial charge is 0.332 e. The summed E-state index contributed by atoms with van der Waals surface area (Å²) in [7, 11) is 0. The van der Waals surface area contributed by atoms with Crippen molar-refractivity contribution in [1.82, 2.24) is 24.5 Å². The number of aromatic nitrogens is 5. The van der Waals surface area contributed by atoms with Gasteiger partial charge in [-0.15, -0.1) is 0 Å². The van der Waals surface area contributed by atoms with E-state index >= 15 is 0 Å². The molecule has 0 aliphatic heterocycles. The highest BCUT2D eigenvalue weighted by Gasteiger charge is 2.22. The second-order valence-electron chi connectivity index (χ2n) is 7.72. The van der Waals surface area contributed by atoms with E-state index in [1.54, 1.807) is 0 Å². The number of amides is 1. The van der Waals surface area contributed by atoms with Gasteiger partial charge in [0.05, 0.1) is 5.69 Å². The number of H-pyrrole nitrogens is 2. The van der Waals surface area contributed by atoms with Crippen molar-refractivity contribution < 1.29 is 4.79 Å². The van der Waals surface area contributed by atoms with E-state index in [9.17, 15) is 9.59 Å². The van der Waals surface area contributed by atoms with Gasteiger partial charge in [-0.1, -0.05) is 32.0 Å². The molecule has 5 rings (SSSR count). The van der Waals surface area contributed by atoms with Gasteiger partial charge in [0.2, 0.25) is 0 Å². The van der Waals surface area contributed by atoms with Crippen LogP contribution in [-0.2, 0) is 0 Å². The minimum atomic E-state index is -0.734. The van der Waals surface area contributed by atoms with E-state index in [0.29, 0.717) is 22.7 Å². The van der Waals surface area contributed by atoms with Crippen LogP contribution in [0, 0.1) is 0 Å². The lowest BCUT2D eigenvalue weighted by atomic mass is 10.0. The fourth-order valence-corrected chi connectivity index (χ4v) is 3.89. The molecule has 31 heavy (non-hydrogen) atoms. The van der Waals surface area contributed by atoms with E-state index in [1.165, 1.54) is 4.57 Å². The van der Waals surface area contributed by atoms with E-state index in [1.807, 2.05) is 54.7 Å². The van der Waals surface area contributed by atoms with Gasteiger partial charge >= 0.3 is 5.69 Å². The maximum Gasteiger partial charge on any atom is 0.332 e.